The van der Waals surface area contributed by atoms with Gasteiger partial charge in [0.25, 0.3) is 0 Å². The first-order chi connectivity index (χ1) is 8.29. The van der Waals surface area contributed by atoms with Gasteiger partial charge in [0.15, 0.2) is 0 Å². The predicted octanol–water partition coefficient (Wildman–Crippen LogP) is 1.87. The molecule has 0 aliphatic carbocycles. The van der Waals surface area contributed by atoms with Gasteiger partial charge >= 0.3 is 5.97 Å². The summed E-state index contributed by atoms with van der Waals surface area (Å²) in [6.07, 6.45) is 2.18. The van der Waals surface area contributed by atoms with Crippen molar-refractivity contribution in [1.29, 1.82) is 0 Å². The van der Waals surface area contributed by atoms with Gasteiger partial charge in [-0.15, -0.1) is 0 Å². The number of carboxylic acids is 1. The van der Waals surface area contributed by atoms with Gasteiger partial charge in [-0.1, -0.05) is 33.6 Å². The van der Waals surface area contributed by atoms with Gasteiger partial charge in [0, 0.05) is 13.5 Å². The molecule has 3 unspecified atom stereocenters. The second kappa shape index (κ2) is 8.08. The topological polar surface area (TPSA) is 83.6 Å². The van der Waals surface area contributed by atoms with Crippen LogP contribution >= 0.6 is 0 Å². The first-order valence-corrected chi connectivity index (χ1v) is 6.54. The zero-order chi connectivity index (χ0) is 14.3. The summed E-state index contributed by atoms with van der Waals surface area (Å²) in [7, 11) is 0. The number of rotatable bonds is 8. The number of hydrogen-bond donors (Lipinski definition) is 2. The van der Waals surface area contributed by atoms with E-state index in [0.717, 1.165) is 17.9 Å². The van der Waals surface area contributed by atoms with Crippen LogP contribution in [-0.4, -0.2) is 28.5 Å². The molecule has 0 radical (unpaired) electrons. The summed E-state index contributed by atoms with van der Waals surface area (Å²) in [4.78, 5) is 22.0. The number of aliphatic carboxylic acids is 1. The van der Waals surface area contributed by atoms with Crippen LogP contribution in [0.2, 0.25) is 0 Å². The molecule has 106 valence electrons. The highest BCUT2D eigenvalue weighted by Gasteiger charge is 2.26. The summed E-state index contributed by atoms with van der Waals surface area (Å²) < 4.78 is 0. The molecule has 1 amide bonds. The first-order valence-electron chi connectivity index (χ1n) is 6.54. The van der Waals surface area contributed by atoms with Crippen LogP contribution in [0.3, 0.4) is 0 Å². The van der Waals surface area contributed by atoms with Gasteiger partial charge in [0.2, 0.25) is 5.91 Å². The van der Waals surface area contributed by atoms with Crippen molar-refractivity contribution in [3.63, 3.8) is 0 Å². The molecule has 0 aliphatic heterocycles. The van der Waals surface area contributed by atoms with Crippen molar-refractivity contribution in [2.75, 3.05) is 6.54 Å². The van der Waals surface area contributed by atoms with E-state index < -0.39 is 5.97 Å². The fourth-order valence-electron chi connectivity index (χ4n) is 2.21. The predicted molar refractivity (Wildman–Crippen MR) is 70.6 cm³/mol. The minimum atomic E-state index is -0.840. The van der Waals surface area contributed by atoms with Gasteiger partial charge < -0.3 is 5.11 Å². The Labute approximate surface area is 109 Å². The summed E-state index contributed by atoms with van der Waals surface area (Å²) in [5, 5.41) is 10.1. The summed E-state index contributed by atoms with van der Waals surface area (Å²) in [5.41, 5.74) is 0. The van der Waals surface area contributed by atoms with E-state index in [0.29, 0.717) is 12.5 Å². The van der Waals surface area contributed by atoms with Crippen molar-refractivity contribution in [3.05, 3.63) is 0 Å². The lowest BCUT2D eigenvalue weighted by molar-refractivity contribution is -0.140. The minimum Gasteiger partial charge on any atom is -0.481 e. The molecule has 0 saturated carbocycles. The molecule has 18 heavy (non-hydrogen) atoms. The third-order valence-electron chi connectivity index (χ3n) is 3.66. The highest BCUT2D eigenvalue weighted by Crippen LogP contribution is 2.27. The highest BCUT2D eigenvalue weighted by molar-refractivity contribution is 5.72. The smallest absolute Gasteiger partial charge is 0.303 e. The van der Waals surface area contributed by atoms with Gasteiger partial charge in [0.05, 0.1) is 6.42 Å². The lowest BCUT2D eigenvalue weighted by Crippen LogP contribution is -2.42. The average molecular weight is 258 g/mol. The Morgan fingerprint density at radius 1 is 1.33 bits per heavy atom. The summed E-state index contributed by atoms with van der Waals surface area (Å²) >= 11 is 0. The third-order valence-corrected chi connectivity index (χ3v) is 3.66. The van der Waals surface area contributed by atoms with E-state index in [2.05, 4.69) is 13.8 Å². The number of nitrogens with zero attached hydrogens (tertiary/aromatic N) is 1. The Morgan fingerprint density at radius 3 is 2.28 bits per heavy atom. The quantitative estimate of drug-likeness (QED) is 0.395. The molecule has 3 atom stereocenters. The number of carboxylic acid groups (broad SMARTS) is 1. The Balaban J connectivity index is 4.65. The maximum Gasteiger partial charge on any atom is 0.303 e. The summed E-state index contributed by atoms with van der Waals surface area (Å²) in [6.45, 7) is 7.97. The molecular weight excluding hydrogens is 232 g/mol. The average Bonchev–Trinajstić information content (AvgIpc) is 2.26. The Kier molecular flexibility index (Phi) is 7.59. The first kappa shape index (κ1) is 16.9. The van der Waals surface area contributed by atoms with Gasteiger partial charge in [-0.2, -0.15) is 0 Å². The van der Waals surface area contributed by atoms with Crippen LogP contribution in [0.5, 0.6) is 0 Å². The molecule has 5 heteroatoms. The maximum atomic E-state index is 11.1. The van der Waals surface area contributed by atoms with Crippen LogP contribution in [0.4, 0.5) is 0 Å². The molecule has 0 spiro atoms. The monoisotopic (exact) mass is 258 g/mol. The van der Waals surface area contributed by atoms with Crippen molar-refractivity contribution in [2.24, 2.45) is 23.6 Å². The molecule has 0 saturated heterocycles. The standard InChI is InChI=1S/C13H26N2O3/c1-5-6-9(2)10(3)12(7-13(17)18)8-15(14)11(4)16/h9-10,12H,5-8,14H2,1-4H3,(H,17,18). The second-order valence-corrected chi connectivity index (χ2v) is 5.15. The lowest BCUT2D eigenvalue weighted by atomic mass is 9.80. The molecule has 0 aromatic heterocycles. The molecule has 0 fully saturated rings. The van der Waals surface area contributed by atoms with E-state index in [1.165, 1.54) is 6.92 Å². The second-order valence-electron chi connectivity index (χ2n) is 5.15. The van der Waals surface area contributed by atoms with E-state index in [1.807, 2.05) is 6.92 Å². The molecule has 3 N–H and O–H groups in total. The Morgan fingerprint density at radius 2 is 1.89 bits per heavy atom. The number of carbonyl (C=O) groups excluding carboxylic acids is 1. The molecule has 0 heterocycles. The molecular formula is C13H26N2O3. The Bertz CT molecular complexity index is 281. The maximum absolute atomic E-state index is 11.1. The van der Waals surface area contributed by atoms with Crippen molar-refractivity contribution in [1.82, 2.24) is 5.01 Å². The van der Waals surface area contributed by atoms with Gasteiger partial charge in [-0.05, 0) is 17.8 Å². The van der Waals surface area contributed by atoms with Crippen molar-refractivity contribution < 1.29 is 14.7 Å². The molecule has 0 aliphatic rings. The largest absolute Gasteiger partial charge is 0.481 e. The summed E-state index contributed by atoms with van der Waals surface area (Å²) in [5.74, 6) is 5.08. The number of nitrogens with two attached hydrogens (primary N) is 1. The normalized spacial score (nSPS) is 15.8. The molecule has 0 rings (SSSR count). The molecule has 5 nitrogen and oxygen atoms in total. The molecule has 0 aromatic carbocycles. The zero-order valence-electron chi connectivity index (χ0n) is 11.8. The van der Waals surface area contributed by atoms with Crippen LogP contribution in [0, 0.1) is 17.8 Å². The summed E-state index contributed by atoms with van der Waals surface area (Å²) in [6, 6.07) is 0. The van der Waals surface area contributed by atoms with E-state index in [-0.39, 0.29) is 24.2 Å². The number of hydrogen-bond acceptors (Lipinski definition) is 3. The fraction of sp³-hybridized carbons (Fsp3) is 0.846. The number of hydrazine groups is 1. The number of amides is 1. The van der Waals surface area contributed by atoms with Crippen molar-refractivity contribution >= 4 is 11.9 Å². The fourth-order valence-corrected chi connectivity index (χ4v) is 2.21. The molecule has 0 aromatic rings. The molecule has 0 bridgehead atoms. The van der Waals surface area contributed by atoms with Gasteiger partial charge in [-0.25, -0.2) is 5.84 Å². The van der Waals surface area contributed by atoms with Crippen LogP contribution in [0.1, 0.15) is 47.0 Å². The van der Waals surface area contributed by atoms with Crippen LogP contribution < -0.4 is 5.84 Å². The van der Waals surface area contributed by atoms with Crippen LogP contribution in [0.25, 0.3) is 0 Å². The highest BCUT2D eigenvalue weighted by atomic mass is 16.4. The van der Waals surface area contributed by atoms with Crippen molar-refractivity contribution in [2.45, 2.75) is 47.0 Å². The number of carbonyl (C=O) groups is 2. The van der Waals surface area contributed by atoms with Crippen molar-refractivity contribution in [3.8, 4) is 0 Å². The van der Waals surface area contributed by atoms with E-state index in [9.17, 15) is 9.59 Å². The zero-order valence-corrected chi connectivity index (χ0v) is 11.8. The van der Waals surface area contributed by atoms with Gasteiger partial charge in [0.1, 0.15) is 0 Å². The third kappa shape index (κ3) is 6.00. The minimum absolute atomic E-state index is 0.0518. The van der Waals surface area contributed by atoms with Gasteiger partial charge in [-0.3, -0.25) is 14.6 Å². The van der Waals surface area contributed by atoms with E-state index >= 15 is 0 Å². The van der Waals surface area contributed by atoms with E-state index in [1.54, 1.807) is 0 Å². The SMILES string of the molecule is CCCC(C)C(C)C(CC(=O)O)CN(N)C(C)=O. The van der Waals surface area contributed by atoms with Crippen LogP contribution in [0.15, 0.2) is 0 Å². The van der Waals surface area contributed by atoms with Crippen LogP contribution in [-0.2, 0) is 9.59 Å². The van der Waals surface area contributed by atoms with E-state index in [4.69, 9.17) is 10.9 Å². The lowest BCUT2D eigenvalue weighted by Gasteiger charge is -2.30. The Hall–Kier alpha value is -1.10.